The molecular formula is C6H10N4O2. The van der Waals surface area contributed by atoms with Crippen molar-refractivity contribution in [2.75, 3.05) is 0 Å². The molecule has 0 radical (unpaired) electrons. The van der Waals surface area contributed by atoms with Crippen molar-refractivity contribution in [2.45, 2.75) is 26.3 Å². The van der Waals surface area contributed by atoms with Crippen molar-refractivity contribution in [2.24, 2.45) is 0 Å². The summed E-state index contributed by atoms with van der Waals surface area (Å²) >= 11 is 0. The summed E-state index contributed by atoms with van der Waals surface area (Å²) in [6.45, 7) is 2.26. The molecule has 0 amide bonds. The Hall–Kier alpha value is -1.46. The first-order valence-electron chi connectivity index (χ1n) is 3.71. The Labute approximate surface area is 69.2 Å². The normalized spacial score (nSPS) is 10.1. The molecule has 0 saturated carbocycles. The van der Waals surface area contributed by atoms with E-state index < -0.39 is 5.97 Å². The average molecular weight is 170 g/mol. The van der Waals surface area contributed by atoms with Gasteiger partial charge < -0.3 is 5.11 Å². The van der Waals surface area contributed by atoms with Gasteiger partial charge in [-0.25, -0.2) is 4.68 Å². The predicted molar refractivity (Wildman–Crippen MR) is 39.4 cm³/mol. The van der Waals surface area contributed by atoms with Gasteiger partial charge in [0.2, 0.25) is 0 Å². The maximum Gasteiger partial charge on any atom is 0.305 e. The first-order valence-corrected chi connectivity index (χ1v) is 3.71. The minimum atomic E-state index is -0.840. The van der Waals surface area contributed by atoms with Gasteiger partial charge in [0.25, 0.3) is 0 Å². The Balaban J connectivity index is 2.56. The highest BCUT2D eigenvalue weighted by atomic mass is 16.4. The largest absolute Gasteiger partial charge is 0.481 e. The van der Waals surface area contributed by atoms with E-state index in [9.17, 15) is 4.79 Å². The van der Waals surface area contributed by atoms with Crippen molar-refractivity contribution >= 4 is 5.97 Å². The van der Waals surface area contributed by atoms with E-state index in [-0.39, 0.29) is 6.42 Å². The highest BCUT2D eigenvalue weighted by molar-refractivity contribution is 5.66. The van der Waals surface area contributed by atoms with Crippen LogP contribution in [0.4, 0.5) is 0 Å². The Morgan fingerprint density at radius 2 is 2.42 bits per heavy atom. The van der Waals surface area contributed by atoms with E-state index in [4.69, 9.17) is 5.11 Å². The molecule has 1 N–H and O–H groups in total. The second-order valence-electron chi connectivity index (χ2n) is 2.32. The summed E-state index contributed by atoms with van der Waals surface area (Å²) in [4.78, 5) is 10.2. The van der Waals surface area contributed by atoms with E-state index in [1.165, 1.54) is 4.68 Å². The first kappa shape index (κ1) is 8.63. The van der Waals surface area contributed by atoms with Gasteiger partial charge in [-0.3, -0.25) is 4.79 Å². The van der Waals surface area contributed by atoms with E-state index in [1.807, 2.05) is 6.92 Å². The molecule has 0 aliphatic rings. The monoisotopic (exact) mass is 170 g/mol. The van der Waals surface area contributed by atoms with Gasteiger partial charge >= 0.3 is 5.97 Å². The molecule has 0 aliphatic carbocycles. The highest BCUT2D eigenvalue weighted by Gasteiger charge is 2.04. The second kappa shape index (κ2) is 3.80. The number of carboxylic acids is 1. The van der Waals surface area contributed by atoms with E-state index >= 15 is 0 Å². The van der Waals surface area contributed by atoms with Gasteiger partial charge in [0.15, 0.2) is 5.82 Å². The molecule has 1 rings (SSSR count). The van der Waals surface area contributed by atoms with Crippen LogP contribution in [0, 0.1) is 0 Å². The molecule has 0 aliphatic heterocycles. The summed E-state index contributed by atoms with van der Waals surface area (Å²) in [6.07, 6.45) is 0.769. The van der Waals surface area contributed by atoms with E-state index in [1.54, 1.807) is 0 Å². The molecule has 6 nitrogen and oxygen atoms in total. The van der Waals surface area contributed by atoms with Crippen LogP contribution in [0.25, 0.3) is 0 Å². The Morgan fingerprint density at radius 1 is 1.67 bits per heavy atom. The van der Waals surface area contributed by atoms with Gasteiger partial charge in [0.05, 0.1) is 13.0 Å². The van der Waals surface area contributed by atoms with Crippen LogP contribution in [-0.2, 0) is 17.8 Å². The molecule has 12 heavy (non-hydrogen) atoms. The molecule has 0 saturated heterocycles. The fourth-order valence-corrected chi connectivity index (χ4v) is 0.852. The number of aryl methyl sites for hydroxylation is 2. The topological polar surface area (TPSA) is 80.9 Å². The summed E-state index contributed by atoms with van der Waals surface area (Å²) in [5, 5.41) is 19.2. The van der Waals surface area contributed by atoms with Gasteiger partial charge in [-0.1, -0.05) is 6.92 Å². The molecule has 66 valence electrons. The molecule has 0 bridgehead atoms. The summed E-state index contributed by atoms with van der Waals surface area (Å²) in [5.74, 6) is -0.121. The van der Waals surface area contributed by atoms with Crippen LogP contribution in [0.2, 0.25) is 0 Å². The van der Waals surface area contributed by atoms with Crippen LogP contribution in [-0.4, -0.2) is 31.3 Å². The second-order valence-corrected chi connectivity index (χ2v) is 2.32. The van der Waals surface area contributed by atoms with Crippen molar-refractivity contribution in [3.05, 3.63) is 5.82 Å². The van der Waals surface area contributed by atoms with Crippen molar-refractivity contribution in [3.63, 3.8) is 0 Å². The fourth-order valence-electron chi connectivity index (χ4n) is 0.852. The number of tetrazole rings is 1. The van der Waals surface area contributed by atoms with Crippen LogP contribution < -0.4 is 0 Å². The Kier molecular flexibility index (Phi) is 2.73. The average Bonchev–Trinajstić information content (AvgIpc) is 2.47. The molecule has 0 spiro atoms. The SMILES string of the molecule is CCc1nnnn1CCC(=O)O. The Morgan fingerprint density at radius 3 is 3.00 bits per heavy atom. The number of carboxylic acid groups (broad SMARTS) is 1. The van der Waals surface area contributed by atoms with Crippen molar-refractivity contribution in [1.29, 1.82) is 0 Å². The van der Waals surface area contributed by atoms with Crippen molar-refractivity contribution in [3.8, 4) is 0 Å². The molecule has 1 aromatic heterocycles. The number of nitrogens with zero attached hydrogens (tertiary/aromatic N) is 4. The first-order chi connectivity index (χ1) is 5.74. The third-order valence-corrected chi connectivity index (χ3v) is 1.46. The number of hydrogen-bond donors (Lipinski definition) is 1. The summed E-state index contributed by atoms with van der Waals surface area (Å²) < 4.78 is 1.51. The standard InChI is InChI=1S/C6H10N4O2/c1-2-5-7-8-9-10(5)4-3-6(11)12/h2-4H2,1H3,(H,11,12). The molecule has 1 aromatic rings. The predicted octanol–water partition coefficient (Wildman–Crippen LogP) is -0.290. The number of aromatic nitrogens is 4. The van der Waals surface area contributed by atoms with E-state index in [0.717, 1.165) is 5.82 Å². The van der Waals surface area contributed by atoms with E-state index in [2.05, 4.69) is 15.5 Å². The fraction of sp³-hybridized carbons (Fsp3) is 0.667. The maximum absolute atomic E-state index is 10.2. The molecule has 6 heteroatoms. The third-order valence-electron chi connectivity index (χ3n) is 1.46. The van der Waals surface area contributed by atoms with Gasteiger partial charge in [0.1, 0.15) is 0 Å². The molecule has 0 fully saturated rings. The van der Waals surface area contributed by atoms with E-state index in [0.29, 0.717) is 13.0 Å². The zero-order valence-corrected chi connectivity index (χ0v) is 6.77. The van der Waals surface area contributed by atoms with Gasteiger partial charge in [0, 0.05) is 6.42 Å². The molecule has 0 unspecified atom stereocenters. The maximum atomic E-state index is 10.2. The van der Waals surface area contributed by atoms with Crippen LogP contribution in [0.3, 0.4) is 0 Å². The number of aliphatic carboxylic acids is 1. The summed E-state index contributed by atoms with van der Waals surface area (Å²) in [5.41, 5.74) is 0. The lowest BCUT2D eigenvalue weighted by molar-refractivity contribution is -0.137. The Bertz CT molecular complexity index is 270. The number of rotatable bonds is 4. The number of carbonyl (C=O) groups is 1. The smallest absolute Gasteiger partial charge is 0.305 e. The molecule has 0 aromatic carbocycles. The zero-order valence-electron chi connectivity index (χ0n) is 6.77. The minimum absolute atomic E-state index is 0.0536. The molecular weight excluding hydrogens is 160 g/mol. The van der Waals surface area contributed by atoms with Crippen LogP contribution >= 0.6 is 0 Å². The lowest BCUT2D eigenvalue weighted by Crippen LogP contribution is -2.09. The lowest BCUT2D eigenvalue weighted by Gasteiger charge is -1.98. The number of hydrogen-bond acceptors (Lipinski definition) is 4. The third kappa shape index (κ3) is 2.01. The summed E-state index contributed by atoms with van der Waals surface area (Å²) in [7, 11) is 0. The van der Waals surface area contributed by atoms with Gasteiger partial charge in [-0.15, -0.1) is 5.10 Å². The van der Waals surface area contributed by atoms with Crippen molar-refractivity contribution in [1.82, 2.24) is 20.2 Å². The zero-order chi connectivity index (χ0) is 8.97. The van der Waals surface area contributed by atoms with Gasteiger partial charge in [-0.2, -0.15) is 0 Å². The minimum Gasteiger partial charge on any atom is -0.481 e. The van der Waals surface area contributed by atoms with Crippen molar-refractivity contribution < 1.29 is 9.90 Å². The molecule has 1 heterocycles. The highest BCUT2D eigenvalue weighted by Crippen LogP contribution is 1.94. The summed E-state index contributed by atoms with van der Waals surface area (Å²) in [6, 6.07) is 0. The van der Waals surface area contributed by atoms with Gasteiger partial charge in [-0.05, 0) is 10.4 Å². The van der Waals surface area contributed by atoms with Crippen LogP contribution in [0.15, 0.2) is 0 Å². The quantitative estimate of drug-likeness (QED) is 0.671. The molecule has 0 atom stereocenters. The lowest BCUT2D eigenvalue weighted by atomic mass is 10.4. The van der Waals surface area contributed by atoms with Crippen LogP contribution in [0.1, 0.15) is 19.2 Å². The van der Waals surface area contributed by atoms with Crippen LogP contribution in [0.5, 0.6) is 0 Å².